The molecule has 0 aromatic carbocycles. The Morgan fingerprint density at radius 2 is 2.00 bits per heavy atom. The fraction of sp³-hybridized carbons (Fsp3) is 0.778. The molecule has 0 N–H and O–H groups in total. The van der Waals surface area contributed by atoms with Crippen molar-refractivity contribution in [2.24, 2.45) is 5.92 Å². The maximum absolute atomic E-state index is 12.8. The van der Waals surface area contributed by atoms with Crippen molar-refractivity contribution < 1.29 is 13.6 Å². The first-order chi connectivity index (χ1) is 11.7. The molecule has 1 amide bonds. The smallest absolute Gasteiger partial charge is 0.223 e. The molecule has 1 aromatic rings. The lowest BCUT2D eigenvalue weighted by Gasteiger charge is -2.36. The van der Waals surface area contributed by atoms with Crippen LogP contribution >= 0.6 is 0 Å². The Hall–Kier alpha value is -1.43. The van der Waals surface area contributed by atoms with E-state index in [4.69, 9.17) is 4.42 Å². The molecule has 5 nitrogen and oxygen atoms in total. The highest BCUT2D eigenvalue weighted by atomic mass is 19.1. The monoisotopic (exact) mass is 335 g/mol. The number of halogens is 1. The summed E-state index contributed by atoms with van der Waals surface area (Å²) in [7, 11) is 0. The molecule has 3 heterocycles. The van der Waals surface area contributed by atoms with Crippen molar-refractivity contribution in [2.75, 3.05) is 26.3 Å². The molecular formula is C18H26FN3O2. The molecule has 0 saturated carbocycles. The van der Waals surface area contributed by atoms with Crippen LogP contribution in [0, 0.1) is 5.92 Å². The summed E-state index contributed by atoms with van der Waals surface area (Å²) < 4.78 is 18.7. The molecule has 3 aliphatic rings. The van der Waals surface area contributed by atoms with E-state index < -0.39 is 0 Å². The van der Waals surface area contributed by atoms with E-state index in [0.717, 1.165) is 62.7 Å². The largest absolute Gasteiger partial charge is 0.444 e. The van der Waals surface area contributed by atoms with Crippen LogP contribution in [-0.4, -0.2) is 53.0 Å². The summed E-state index contributed by atoms with van der Waals surface area (Å²) in [6.45, 7) is 2.88. The molecule has 2 fully saturated rings. The summed E-state index contributed by atoms with van der Waals surface area (Å²) in [6, 6.07) is 0.281. The van der Waals surface area contributed by atoms with Gasteiger partial charge in [-0.15, -0.1) is 0 Å². The van der Waals surface area contributed by atoms with Gasteiger partial charge in [0.1, 0.15) is 5.76 Å². The minimum Gasteiger partial charge on any atom is -0.444 e. The fourth-order valence-corrected chi connectivity index (χ4v) is 4.32. The van der Waals surface area contributed by atoms with Crippen LogP contribution < -0.4 is 0 Å². The summed E-state index contributed by atoms with van der Waals surface area (Å²) in [5.41, 5.74) is 1.16. The lowest BCUT2D eigenvalue weighted by atomic mass is 10.0. The van der Waals surface area contributed by atoms with Gasteiger partial charge in [0, 0.05) is 44.4 Å². The zero-order valence-electron chi connectivity index (χ0n) is 14.2. The van der Waals surface area contributed by atoms with Gasteiger partial charge in [-0.3, -0.25) is 14.1 Å². The van der Waals surface area contributed by atoms with Crippen LogP contribution in [0.15, 0.2) is 4.42 Å². The quantitative estimate of drug-likeness (QED) is 0.847. The van der Waals surface area contributed by atoms with E-state index in [1.54, 1.807) is 0 Å². The Balaban J connectivity index is 1.30. The third-order valence-electron chi connectivity index (χ3n) is 5.70. The van der Waals surface area contributed by atoms with Crippen molar-refractivity contribution in [3.63, 3.8) is 0 Å². The topological polar surface area (TPSA) is 49.6 Å². The standard InChI is InChI=1S/C18H26FN3O2/c19-10-13-9-18(23)22(11-13)14-5-7-21(8-6-14)12-17-20-15-3-1-2-4-16(15)24-17/h13-14H,1-12H2. The van der Waals surface area contributed by atoms with Gasteiger partial charge in [-0.25, -0.2) is 4.98 Å². The van der Waals surface area contributed by atoms with Crippen LogP contribution in [-0.2, 0) is 24.2 Å². The number of aromatic nitrogens is 1. The molecule has 1 aromatic heterocycles. The summed E-state index contributed by atoms with van der Waals surface area (Å²) in [6.07, 6.45) is 6.81. The molecule has 24 heavy (non-hydrogen) atoms. The maximum Gasteiger partial charge on any atom is 0.223 e. The average Bonchev–Trinajstić information content (AvgIpc) is 3.18. The molecule has 132 valence electrons. The fourth-order valence-electron chi connectivity index (χ4n) is 4.32. The number of piperidine rings is 1. The highest BCUT2D eigenvalue weighted by Gasteiger charge is 2.35. The molecule has 2 aliphatic heterocycles. The van der Waals surface area contributed by atoms with E-state index in [9.17, 15) is 9.18 Å². The van der Waals surface area contributed by atoms with Gasteiger partial charge in [0.2, 0.25) is 11.8 Å². The summed E-state index contributed by atoms with van der Waals surface area (Å²) in [4.78, 5) is 21.0. The van der Waals surface area contributed by atoms with E-state index >= 15 is 0 Å². The Morgan fingerprint density at radius 1 is 1.21 bits per heavy atom. The second kappa shape index (κ2) is 6.82. The Morgan fingerprint density at radius 3 is 2.71 bits per heavy atom. The first-order valence-electron chi connectivity index (χ1n) is 9.28. The third-order valence-corrected chi connectivity index (χ3v) is 5.70. The number of hydrogen-bond acceptors (Lipinski definition) is 4. The number of likely N-dealkylation sites (tertiary alicyclic amines) is 2. The van der Waals surface area contributed by atoms with Crippen LogP contribution in [0.1, 0.15) is 49.4 Å². The Kier molecular flexibility index (Phi) is 4.57. The first kappa shape index (κ1) is 16.1. The van der Waals surface area contributed by atoms with E-state index in [2.05, 4.69) is 9.88 Å². The van der Waals surface area contributed by atoms with Crippen molar-refractivity contribution >= 4 is 5.91 Å². The number of amides is 1. The van der Waals surface area contributed by atoms with Gasteiger partial charge in [-0.1, -0.05) is 0 Å². The van der Waals surface area contributed by atoms with Crippen LogP contribution in [0.2, 0.25) is 0 Å². The second-order valence-corrected chi connectivity index (χ2v) is 7.46. The summed E-state index contributed by atoms with van der Waals surface area (Å²) >= 11 is 0. The number of carbonyl (C=O) groups excluding carboxylic acids is 1. The van der Waals surface area contributed by atoms with Gasteiger partial charge in [0.15, 0.2) is 0 Å². The number of hydrogen-bond donors (Lipinski definition) is 0. The van der Waals surface area contributed by atoms with E-state index in [0.29, 0.717) is 13.0 Å². The number of carbonyl (C=O) groups is 1. The molecule has 0 radical (unpaired) electrons. The number of rotatable bonds is 4. The van der Waals surface area contributed by atoms with Crippen LogP contribution in [0.3, 0.4) is 0 Å². The number of oxazole rings is 1. The summed E-state index contributed by atoms with van der Waals surface area (Å²) in [5.74, 6) is 1.98. The van der Waals surface area contributed by atoms with Gasteiger partial charge in [-0.05, 0) is 32.1 Å². The average molecular weight is 335 g/mol. The highest BCUT2D eigenvalue weighted by Crippen LogP contribution is 2.27. The molecule has 2 saturated heterocycles. The highest BCUT2D eigenvalue weighted by molar-refractivity contribution is 5.79. The van der Waals surface area contributed by atoms with Crippen LogP contribution in [0.25, 0.3) is 0 Å². The zero-order chi connectivity index (χ0) is 16.5. The van der Waals surface area contributed by atoms with Gasteiger partial charge in [0.05, 0.1) is 18.9 Å². The number of aryl methyl sites for hydroxylation is 2. The van der Waals surface area contributed by atoms with E-state index in [-0.39, 0.29) is 24.5 Å². The molecule has 6 heteroatoms. The number of nitrogens with zero attached hydrogens (tertiary/aromatic N) is 3. The molecule has 1 unspecified atom stereocenters. The van der Waals surface area contributed by atoms with Gasteiger partial charge in [0.25, 0.3) is 0 Å². The van der Waals surface area contributed by atoms with Crippen molar-refractivity contribution in [2.45, 2.75) is 57.5 Å². The van der Waals surface area contributed by atoms with Crippen molar-refractivity contribution in [3.8, 4) is 0 Å². The second-order valence-electron chi connectivity index (χ2n) is 7.46. The zero-order valence-corrected chi connectivity index (χ0v) is 14.2. The Labute approximate surface area is 142 Å². The number of fused-ring (bicyclic) bond motifs is 1. The lowest BCUT2D eigenvalue weighted by molar-refractivity contribution is -0.130. The van der Waals surface area contributed by atoms with Gasteiger partial charge < -0.3 is 9.32 Å². The predicted octanol–water partition coefficient (Wildman–Crippen LogP) is 2.34. The van der Waals surface area contributed by atoms with Crippen LogP contribution in [0.4, 0.5) is 4.39 Å². The molecule has 0 spiro atoms. The summed E-state index contributed by atoms with van der Waals surface area (Å²) in [5, 5.41) is 0. The normalized spacial score (nSPS) is 26.1. The van der Waals surface area contributed by atoms with E-state index in [1.807, 2.05) is 4.90 Å². The van der Waals surface area contributed by atoms with E-state index in [1.165, 1.54) is 12.8 Å². The number of alkyl halides is 1. The first-order valence-corrected chi connectivity index (χ1v) is 9.28. The molecule has 0 bridgehead atoms. The van der Waals surface area contributed by atoms with Gasteiger partial charge >= 0.3 is 0 Å². The lowest BCUT2D eigenvalue weighted by Crippen LogP contribution is -2.45. The van der Waals surface area contributed by atoms with Crippen LogP contribution in [0.5, 0.6) is 0 Å². The van der Waals surface area contributed by atoms with Crippen molar-refractivity contribution in [1.82, 2.24) is 14.8 Å². The minimum atomic E-state index is -0.379. The Bertz CT molecular complexity index is 572. The maximum atomic E-state index is 12.8. The molecule has 1 atom stereocenters. The van der Waals surface area contributed by atoms with Crippen molar-refractivity contribution in [1.29, 1.82) is 0 Å². The molecular weight excluding hydrogens is 309 g/mol. The third kappa shape index (κ3) is 3.21. The van der Waals surface area contributed by atoms with Crippen molar-refractivity contribution in [3.05, 3.63) is 17.3 Å². The molecule has 1 aliphatic carbocycles. The minimum absolute atomic E-state index is 0.0887. The van der Waals surface area contributed by atoms with Gasteiger partial charge in [-0.2, -0.15) is 0 Å². The SMILES string of the molecule is O=C1CC(CF)CN1C1CCN(Cc2nc3c(o2)CCCC3)CC1. The predicted molar refractivity (Wildman–Crippen MR) is 87.2 cm³/mol. The molecule has 4 rings (SSSR count).